The maximum absolute atomic E-state index is 11.5. The Labute approximate surface area is 102 Å². The van der Waals surface area contributed by atoms with Crippen LogP contribution in [0.4, 0.5) is 0 Å². The van der Waals surface area contributed by atoms with Gasteiger partial charge in [-0.3, -0.25) is 9.59 Å². The molecule has 0 fully saturated rings. The molecule has 0 aliphatic rings. The summed E-state index contributed by atoms with van der Waals surface area (Å²) in [5.74, 6) is -0.660. The first-order valence-electron chi connectivity index (χ1n) is 5.57. The van der Waals surface area contributed by atoms with E-state index in [0.717, 1.165) is 0 Å². The lowest BCUT2D eigenvalue weighted by molar-refractivity contribution is -0.156. The van der Waals surface area contributed by atoms with Crippen LogP contribution in [0.5, 0.6) is 0 Å². The minimum Gasteiger partial charge on any atom is -0.460 e. The van der Waals surface area contributed by atoms with Crippen LogP contribution in [0.15, 0.2) is 0 Å². The average Bonchev–Trinajstić information content (AvgIpc) is 2.16. The number of ether oxygens (including phenoxy) is 3. The summed E-state index contributed by atoms with van der Waals surface area (Å²) in [4.78, 5) is 22.8. The normalized spacial score (nSPS) is 11.6. The first-order valence-corrected chi connectivity index (χ1v) is 5.57. The molecule has 0 aromatic carbocycles. The molecular weight excluding hydrogens is 224 g/mol. The SMILES string of the molecule is COC(CCC(=O)CC(=O)OC(C)(C)C)OC. The molecule has 0 radical (unpaired) electrons. The van der Waals surface area contributed by atoms with E-state index in [1.165, 1.54) is 14.2 Å². The Hall–Kier alpha value is -0.940. The minimum atomic E-state index is -0.557. The van der Waals surface area contributed by atoms with Crippen molar-refractivity contribution in [2.24, 2.45) is 0 Å². The van der Waals surface area contributed by atoms with E-state index in [4.69, 9.17) is 14.2 Å². The van der Waals surface area contributed by atoms with Crippen LogP contribution < -0.4 is 0 Å². The largest absolute Gasteiger partial charge is 0.460 e. The lowest BCUT2D eigenvalue weighted by atomic mass is 10.1. The van der Waals surface area contributed by atoms with Crippen molar-refractivity contribution in [1.82, 2.24) is 0 Å². The summed E-state index contributed by atoms with van der Waals surface area (Å²) in [7, 11) is 3.01. The zero-order valence-corrected chi connectivity index (χ0v) is 11.2. The Balaban J connectivity index is 3.90. The van der Waals surface area contributed by atoms with Gasteiger partial charge in [-0.05, 0) is 20.8 Å². The van der Waals surface area contributed by atoms with Gasteiger partial charge in [0.2, 0.25) is 0 Å². The Morgan fingerprint density at radius 2 is 1.65 bits per heavy atom. The van der Waals surface area contributed by atoms with Crippen molar-refractivity contribution >= 4 is 11.8 Å². The van der Waals surface area contributed by atoms with Gasteiger partial charge in [0.05, 0.1) is 0 Å². The summed E-state index contributed by atoms with van der Waals surface area (Å²) in [5, 5.41) is 0. The van der Waals surface area contributed by atoms with Gasteiger partial charge in [-0.1, -0.05) is 0 Å². The molecule has 0 bridgehead atoms. The van der Waals surface area contributed by atoms with E-state index in [9.17, 15) is 9.59 Å². The third kappa shape index (κ3) is 8.83. The van der Waals surface area contributed by atoms with Crippen molar-refractivity contribution < 1.29 is 23.8 Å². The lowest BCUT2D eigenvalue weighted by Gasteiger charge is -2.19. The van der Waals surface area contributed by atoms with Gasteiger partial charge in [0.25, 0.3) is 0 Å². The van der Waals surface area contributed by atoms with E-state index in [2.05, 4.69) is 0 Å². The summed E-state index contributed by atoms with van der Waals surface area (Å²) >= 11 is 0. The lowest BCUT2D eigenvalue weighted by Crippen LogP contribution is -2.25. The second-order valence-electron chi connectivity index (χ2n) is 4.74. The molecule has 0 unspecified atom stereocenters. The second-order valence-corrected chi connectivity index (χ2v) is 4.74. The smallest absolute Gasteiger partial charge is 0.313 e. The molecule has 0 spiro atoms. The molecule has 0 rings (SSSR count). The summed E-state index contributed by atoms with van der Waals surface area (Å²) in [6.45, 7) is 5.30. The van der Waals surface area contributed by atoms with Crippen LogP contribution in [0.3, 0.4) is 0 Å². The van der Waals surface area contributed by atoms with Crippen LogP contribution in [0, 0.1) is 0 Å². The molecule has 0 heterocycles. The Morgan fingerprint density at radius 1 is 1.12 bits per heavy atom. The third-order valence-electron chi connectivity index (χ3n) is 1.95. The fraction of sp³-hybridized carbons (Fsp3) is 0.833. The number of hydrogen-bond acceptors (Lipinski definition) is 5. The van der Waals surface area contributed by atoms with Gasteiger partial charge >= 0.3 is 5.97 Å². The number of Topliss-reactive ketones (excluding diaryl/α,β-unsaturated/α-hetero) is 1. The van der Waals surface area contributed by atoms with Crippen LogP contribution in [0.1, 0.15) is 40.0 Å². The zero-order chi connectivity index (χ0) is 13.5. The van der Waals surface area contributed by atoms with Gasteiger partial charge in [0.1, 0.15) is 17.8 Å². The summed E-state index contributed by atoms with van der Waals surface area (Å²) in [5.41, 5.74) is -0.557. The number of rotatable bonds is 7. The summed E-state index contributed by atoms with van der Waals surface area (Å²) < 4.78 is 14.9. The minimum absolute atomic E-state index is 0.168. The highest BCUT2D eigenvalue weighted by Gasteiger charge is 2.19. The molecule has 100 valence electrons. The van der Waals surface area contributed by atoms with E-state index in [1.54, 1.807) is 20.8 Å². The number of hydrogen-bond donors (Lipinski definition) is 0. The van der Waals surface area contributed by atoms with E-state index in [0.29, 0.717) is 6.42 Å². The predicted octanol–water partition coefficient (Wildman–Crippen LogP) is 1.69. The fourth-order valence-electron chi connectivity index (χ4n) is 1.24. The van der Waals surface area contributed by atoms with Gasteiger partial charge in [-0.25, -0.2) is 0 Å². The van der Waals surface area contributed by atoms with Crippen molar-refractivity contribution in [3.63, 3.8) is 0 Å². The average molecular weight is 246 g/mol. The highest BCUT2D eigenvalue weighted by molar-refractivity contribution is 5.95. The Morgan fingerprint density at radius 3 is 2.06 bits per heavy atom. The number of carbonyl (C=O) groups is 2. The topological polar surface area (TPSA) is 61.8 Å². The Bertz CT molecular complexity index is 250. The van der Waals surface area contributed by atoms with Gasteiger partial charge in [0, 0.05) is 27.1 Å². The van der Waals surface area contributed by atoms with E-state index in [-0.39, 0.29) is 18.6 Å². The monoisotopic (exact) mass is 246 g/mol. The third-order valence-corrected chi connectivity index (χ3v) is 1.95. The van der Waals surface area contributed by atoms with Gasteiger partial charge in [0.15, 0.2) is 6.29 Å². The van der Waals surface area contributed by atoms with Crippen molar-refractivity contribution in [2.75, 3.05) is 14.2 Å². The quantitative estimate of drug-likeness (QED) is 0.388. The molecule has 17 heavy (non-hydrogen) atoms. The molecule has 0 aliphatic carbocycles. The fourth-order valence-corrected chi connectivity index (χ4v) is 1.24. The standard InChI is InChI=1S/C12H22O5/c1-12(2,3)17-10(14)8-9(13)6-7-11(15-4)16-5/h11H,6-8H2,1-5H3. The van der Waals surface area contributed by atoms with Crippen molar-refractivity contribution in [1.29, 1.82) is 0 Å². The van der Waals surface area contributed by atoms with Crippen molar-refractivity contribution in [3.8, 4) is 0 Å². The van der Waals surface area contributed by atoms with E-state index in [1.807, 2.05) is 0 Å². The molecule has 0 aliphatic heterocycles. The van der Waals surface area contributed by atoms with Crippen LogP contribution in [-0.4, -0.2) is 37.9 Å². The first-order chi connectivity index (χ1) is 7.78. The number of ketones is 1. The van der Waals surface area contributed by atoms with Gasteiger partial charge < -0.3 is 14.2 Å². The van der Waals surface area contributed by atoms with Crippen molar-refractivity contribution in [3.05, 3.63) is 0 Å². The van der Waals surface area contributed by atoms with Crippen molar-refractivity contribution in [2.45, 2.75) is 51.9 Å². The molecule has 0 amide bonds. The van der Waals surface area contributed by atoms with Crippen LogP contribution in [-0.2, 0) is 23.8 Å². The number of carbonyl (C=O) groups excluding carboxylic acids is 2. The van der Waals surface area contributed by atoms with Crippen LogP contribution in [0.2, 0.25) is 0 Å². The molecule has 0 aromatic rings. The van der Waals surface area contributed by atoms with Crippen LogP contribution in [0.25, 0.3) is 0 Å². The highest BCUT2D eigenvalue weighted by Crippen LogP contribution is 2.10. The molecule has 0 saturated heterocycles. The number of methoxy groups -OCH3 is 2. The summed E-state index contributed by atoms with van der Waals surface area (Å²) in [6, 6.07) is 0. The molecule has 5 nitrogen and oxygen atoms in total. The van der Waals surface area contributed by atoms with Gasteiger partial charge in [-0.15, -0.1) is 0 Å². The van der Waals surface area contributed by atoms with E-state index >= 15 is 0 Å². The molecule has 0 saturated carbocycles. The maximum atomic E-state index is 11.5. The predicted molar refractivity (Wildman–Crippen MR) is 62.5 cm³/mol. The molecule has 0 N–H and O–H groups in total. The molecule has 5 heteroatoms. The van der Waals surface area contributed by atoms with E-state index < -0.39 is 17.9 Å². The van der Waals surface area contributed by atoms with Crippen LogP contribution >= 0.6 is 0 Å². The maximum Gasteiger partial charge on any atom is 0.313 e. The number of esters is 1. The highest BCUT2D eigenvalue weighted by atomic mass is 16.7. The Kier molecular flexibility index (Phi) is 6.99. The second kappa shape index (κ2) is 7.40. The molecular formula is C12H22O5. The first kappa shape index (κ1) is 16.1. The zero-order valence-electron chi connectivity index (χ0n) is 11.2. The molecule has 0 aromatic heterocycles. The summed E-state index contributed by atoms with van der Waals surface area (Å²) in [6.07, 6.45) is 0.0788. The molecule has 0 atom stereocenters. The van der Waals surface area contributed by atoms with Gasteiger partial charge in [-0.2, -0.15) is 0 Å².